The van der Waals surface area contributed by atoms with Crippen LogP contribution >= 0.6 is 27.3 Å². The van der Waals surface area contributed by atoms with Gasteiger partial charge in [0.2, 0.25) is 5.13 Å². The van der Waals surface area contributed by atoms with Crippen LogP contribution < -0.4 is 10.2 Å². The third-order valence-corrected chi connectivity index (χ3v) is 5.15. The van der Waals surface area contributed by atoms with Crippen molar-refractivity contribution in [3.05, 3.63) is 94.3 Å². The molecular weight excluding hydrogens is 434 g/mol. The molecule has 4 nitrogen and oxygen atoms in total. The maximum Gasteiger partial charge on any atom is 0.203 e. The number of thiazole rings is 1. The molecule has 0 aliphatic carbocycles. The number of hydrogen-bond acceptors (Lipinski definition) is 5. The molecule has 0 atom stereocenters. The summed E-state index contributed by atoms with van der Waals surface area (Å²) >= 11 is 4.94. The predicted octanol–water partition coefficient (Wildman–Crippen LogP) is 6.81. The van der Waals surface area contributed by atoms with Crippen LogP contribution in [0.1, 0.15) is 5.56 Å². The molecule has 3 aromatic carbocycles. The lowest BCUT2D eigenvalue weighted by atomic mass is 10.2. The molecule has 4 aromatic rings. The predicted molar refractivity (Wildman–Crippen MR) is 119 cm³/mol. The largest absolute Gasteiger partial charge is 0.457 e. The van der Waals surface area contributed by atoms with Crippen LogP contribution in [-0.4, -0.2) is 11.2 Å². The van der Waals surface area contributed by atoms with Gasteiger partial charge < -0.3 is 4.74 Å². The molecule has 4 rings (SSSR count). The minimum Gasteiger partial charge on any atom is -0.457 e. The first-order chi connectivity index (χ1) is 13.8. The van der Waals surface area contributed by atoms with Crippen LogP contribution in [0.3, 0.4) is 0 Å². The summed E-state index contributed by atoms with van der Waals surface area (Å²) < 4.78 is 6.84. The Morgan fingerprint density at radius 2 is 1.57 bits per heavy atom. The highest BCUT2D eigenvalue weighted by Gasteiger charge is 2.03. The Hall–Kier alpha value is -2.96. The van der Waals surface area contributed by atoms with Gasteiger partial charge in [0.1, 0.15) is 11.5 Å². The van der Waals surface area contributed by atoms with Crippen LogP contribution in [0, 0.1) is 0 Å². The van der Waals surface area contributed by atoms with Gasteiger partial charge in [-0.1, -0.05) is 46.3 Å². The number of nitrogens with one attached hydrogen (secondary N) is 1. The Kier molecular flexibility index (Phi) is 5.80. The molecule has 0 spiro atoms. The smallest absolute Gasteiger partial charge is 0.203 e. The minimum absolute atomic E-state index is 0.755. The van der Waals surface area contributed by atoms with E-state index in [2.05, 4.69) is 31.4 Å². The van der Waals surface area contributed by atoms with Gasteiger partial charge in [-0.05, 0) is 54.1 Å². The van der Waals surface area contributed by atoms with Crippen molar-refractivity contribution in [2.24, 2.45) is 5.10 Å². The molecule has 28 heavy (non-hydrogen) atoms. The SMILES string of the molecule is Brc1ccc(Oc2ccc(C=NNc3nc(-c4ccccc4)cs3)cc2)cc1. The third-order valence-electron chi connectivity index (χ3n) is 3.88. The first-order valence-corrected chi connectivity index (χ1v) is 10.3. The van der Waals surface area contributed by atoms with Crippen LogP contribution in [0.15, 0.2) is 93.8 Å². The molecule has 0 saturated heterocycles. The van der Waals surface area contributed by atoms with Crippen molar-refractivity contribution in [1.29, 1.82) is 0 Å². The first kappa shape index (κ1) is 18.4. The molecule has 0 fully saturated rings. The number of halogens is 1. The zero-order chi connectivity index (χ0) is 19.2. The van der Waals surface area contributed by atoms with Crippen LogP contribution in [0.2, 0.25) is 0 Å². The van der Waals surface area contributed by atoms with E-state index >= 15 is 0 Å². The number of nitrogens with zero attached hydrogens (tertiary/aromatic N) is 2. The van der Waals surface area contributed by atoms with Gasteiger partial charge in [0, 0.05) is 15.4 Å². The number of ether oxygens (including phenoxy) is 1. The monoisotopic (exact) mass is 449 g/mol. The van der Waals surface area contributed by atoms with Gasteiger partial charge in [-0.2, -0.15) is 5.10 Å². The fourth-order valence-electron chi connectivity index (χ4n) is 2.49. The third kappa shape index (κ3) is 4.85. The van der Waals surface area contributed by atoms with Gasteiger partial charge in [-0.15, -0.1) is 11.3 Å². The fraction of sp³-hybridized carbons (Fsp3) is 0. The average molecular weight is 450 g/mol. The molecule has 0 unspecified atom stereocenters. The van der Waals surface area contributed by atoms with Crippen LogP contribution in [-0.2, 0) is 0 Å². The Labute approximate surface area is 175 Å². The summed E-state index contributed by atoms with van der Waals surface area (Å²) in [7, 11) is 0. The van der Waals surface area contributed by atoms with E-state index in [-0.39, 0.29) is 0 Å². The number of benzene rings is 3. The normalized spacial score (nSPS) is 10.9. The van der Waals surface area contributed by atoms with Gasteiger partial charge >= 0.3 is 0 Å². The summed E-state index contributed by atoms with van der Waals surface area (Å²) in [5.41, 5.74) is 5.99. The lowest BCUT2D eigenvalue weighted by Gasteiger charge is -2.05. The van der Waals surface area contributed by atoms with Gasteiger partial charge in [0.05, 0.1) is 11.9 Å². The van der Waals surface area contributed by atoms with Crippen LogP contribution in [0.5, 0.6) is 11.5 Å². The Balaban J connectivity index is 1.35. The Bertz CT molecular complexity index is 1060. The molecule has 6 heteroatoms. The standard InChI is InChI=1S/C22H16BrN3OS/c23-18-8-12-20(13-9-18)27-19-10-6-16(7-11-19)14-24-26-22-25-21(15-28-22)17-4-2-1-3-5-17/h1-15H,(H,25,26). The fourth-order valence-corrected chi connectivity index (χ4v) is 3.42. The van der Waals surface area contributed by atoms with Crippen molar-refractivity contribution in [2.45, 2.75) is 0 Å². The van der Waals surface area contributed by atoms with E-state index in [0.717, 1.165) is 37.9 Å². The quantitative estimate of drug-likeness (QED) is 0.259. The lowest BCUT2D eigenvalue weighted by molar-refractivity contribution is 0.482. The highest BCUT2D eigenvalue weighted by molar-refractivity contribution is 9.10. The lowest BCUT2D eigenvalue weighted by Crippen LogP contribution is -1.90. The number of anilines is 1. The molecule has 1 heterocycles. The van der Waals surface area contributed by atoms with E-state index in [1.54, 1.807) is 6.21 Å². The second-order valence-electron chi connectivity index (χ2n) is 5.90. The Morgan fingerprint density at radius 1 is 0.893 bits per heavy atom. The molecule has 0 saturated carbocycles. The molecule has 1 N–H and O–H groups in total. The van der Waals surface area contributed by atoms with Crippen LogP contribution in [0.25, 0.3) is 11.3 Å². The van der Waals surface area contributed by atoms with E-state index in [1.165, 1.54) is 11.3 Å². The number of rotatable bonds is 6. The van der Waals surface area contributed by atoms with E-state index < -0.39 is 0 Å². The Morgan fingerprint density at radius 3 is 2.29 bits per heavy atom. The zero-order valence-electron chi connectivity index (χ0n) is 14.7. The highest BCUT2D eigenvalue weighted by Crippen LogP contribution is 2.25. The average Bonchev–Trinajstić information content (AvgIpc) is 3.21. The van der Waals surface area contributed by atoms with E-state index in [0.29, 0.717) is 0 Å². The zero-order valence-corrected chi connectivity index (χ0v) is 17.2. The van der Waals surface area contributed by atoms with Crippen LogP contribution in [0.4, 0.5) is 5.13 Å². The molecule has 0 aliphatic rings. The molecule has 0 bridgehead atoms. The van der Waals surface area contributed by atoms with Crippen molar-refractivity contribution < 1.29 is 4.74 Å². The van der Waals surface area contributed by atoms with Crippen molar-refractivity contribution in [2.75, 3.05) is 5.43 Å². The first-order valence-electron chi connectivity index (χ1n) is 8.60. The number of hydrogen-bond donors (Lipinski definition) is 1. The summed E-state index contributed by atoms with van der Waals surface area (Å²) in [6.45, 7) is 0. The molecule has 0 aliphatic heterocycles. The number of aromatic nitrogens is 1. The topological polar surface area (TPSA) is 46.5 Å². The second-order valence-corrected chi connectivity index (χ2v) is 7.67. The second kappa shape index (κ2) is 8.82. The number of hydrazone groups is 1. The molecule has 0 amide bonds. The van der Waals surface area contributed by atoms with Gasteiger partial charge in [0.25, 0.3) is 0 Å². The van der Waals surface area contributed by atoms with Crippen molar-refractivity contribution >= 4 is 38.6 Å². The minimum atomic E-state index is 0.755. The maximum absolute atomic E-state index is 5.82. The summed E-state index contributed by atoms with van der Waals surface area (Å²) in [5, 5.41) is 7.04. The highest BCUT2D eigenvalue weighted by atomic mass is 79.9. The summed E-state index contributed by atoms with van der Waals surface area (Å²) in [6.07, 6.45) is 1.76. The molecule has 0 radical (unpaired) electrons. The summed E-state index contributed by atoms with van der Waals surface area (Å²) in [4.78, 5) is 4.55. The molecular formula is C22H16BrN3OS. The van der Waals surface area contributed by atoms with E-state index in [4.69, 9.17) is 4.74 Å². The van der Waals surface area contributed by atoms with Crippen molar-refractivity contribution in [3.63, 3.8) is 0 Å². The van der Waals surface area contributed by atoms with E-state index in [1.807, 2.05) is 84.2 Å². The maximum atomic E-state index is 5.82. The van der Waals surface area contributed by atoms with E-state index in [9.17, 15) is 0 Å². The van der Waals surface area contributed by atoms with Crippen molar-refractivity contribution in [1.82, 2.24) is 4.98 Å². The van der Waals surface area contributed by atoms with Crippen molar-refractivity contribution in [3.8, 4) is 22.8 Å². The summed E-state index contributed by atoms with van der Waals surface area (Å²) in [6, 6.07) is 25.6. The molecule has 138 valence electrons. The summed E-state index contributed by atoms with van der Waals surface area (Å²) in [5.74, 6) is 1.57. The molecule has 1 aromatic heterocycles. The van der Waals surface area contributed by atoms with Gasteiger partial charge in [0.15, 0.2) is 0 Å². The van der Waals surface area contributed by atoms with Gasteiger partial charge in [-0.25, -0.2) is 4.98 Å². The van der Waals surface area contributed by atoms with Gasteiger partial charge in [-0.3, -0.25) is 5.43 Å².